The summed E-state index contributed by atoms with van der Waals surface area (Å²) in [5, 5.41) is 0. The zero-order chi connectivity index (χ0) is 22.8. The van der Waals surface area contributed by atoms with E-state index in [-0.39, 0.29) is 5.91 Å². The quantitative estimate of drug-likeness (QED) is 0.531. The van der Waals surface area contributed by atoms with Crippen molar-refractivity contribution in [1.29, 1.82) is 0 Å². The van der Waals surface area contributed by atoms with Crippen molar-refractivity contribution in [3.63, 3.8) is 0 Å². The number of nitrogens with zero attached hydrogens (tertiary/aromatic N) is 1. The van der Waals surface area contributed by atoms with Crippen LogP contribution in [0.25, 0.3) is 0 Å². The van der Waals surface area contributed by atoms with Crippen LogP contribution in [0.3, 0.4) is 0 Å². The average molecular weight is 486 g/mol. The fraction of sp³-hybridized carbons (Fsp3) is 0.741. The molecule has 2 saturated heterocycles. The van der Waals surface area contributed by atoms with Gasteiger partial charge in [-0.05, 0) is 80.4 Å². The minimum atomic E-state index is -0.779. The zero-order valence-corrected chi connectivity index (χ0v) is 20.6. The number of carbonyl (C=O) groups is 1. The standard InChI is InChI=1S/C27H35NO5S/c29-25(28-9-11-34-12-10-28)22-3-1-20(2-4-22)21-5-7-26(8-6-21)30-32-27(33-31-26)23-14-18-13-19(16-23)17-24(27)15-18/h1-4,18-19,21,23-24H,5-17H2. The van der Waals surface area contributed by atoms with Crippen molar-refractivity contribution in [2.24, 2.45) is 23.7 Å². The van der Waals surface area contributed by atoms with Gasteiger partial charge in [0.15, 0.2) is 0 Å². The zero-order valence-electron chi connectivity index (χ0n) is 19.8. The van der Waals surface area contributed by atoms with Crippen LogP contribution < -0.4 is 0 Å². The van der Waals surface area contributed by atoms with Crippen molar-refractivity contribution in [2.45, 2.75) is 75.3 Å². The summed E-state index contributed by atoms with van der Waals surface area (Å²) in [7, 11) is 0. The van der Waals surface area contributed by atoms with Crippen LogP contribution in [0.15, 0.2) is 24.3 Å². The molecule has 7 fully saturated rings. The Morgan fingerprint density at radius 2 is 1.41 bits per heavy atom. The van der Waals surface area contributed by atoms with Crippen LogP contribution in [0.2, 0.25) is 0 Å². The molecule has 34 heavy (non-hydrogen) atoms. The van der Waals surface area contributed by atoms with Gasteiger partial charge in [-0.25, -0.2) is 0 Å². The molecule has 0 N–H and O–H groups in total. The largest absolute Gasteiger partial charge is 0.337 e. The summed E-state index contributed by atoms with van der Waals surface area (Å²) in [5.74, 6) is 3.70. The summed E-state index contributed by atoms with van der Waals surface area (Å²) in [6.07, 6.45) is 9.53. The van der Waals surface area contributed by atoms with Crippen LogP contribution in [0.1, 0.15) is 79.6 Å². The molecule has 6 nitrogen and oxygen atoms in total. The van der Waals surface area contributed by atoms with E-state index in [1.54, 1.807) is 0 Å². The van der Waals surface area contributed by atoms with Gasteiger partial charge in [-0.1, -0.05) is 12.1 Å². The van der Waals surface area contributed by atoms with Crippen molar-refractivity contribution >= 4 is 17.7 Å². The molecule has 0 radical (unpaired) electrons. The third-order valence-electron chi connectivity index (χ3n) is 9.60. The highest BCUT2D eigenvalue weighted by Crippen LogP contribution is 2.62. The second-order valence-electron chi connectivity index (χ2n) is 11.6. The van der Waals surface area contributed by atoms with Crippen molar-refractivity contribution in [3.8, 4) is 0 Å². The summed E-state index contributed by atoms with van der Waals surface area (Å²) in [6.45, 7) is 1.70. The molecule has 184 valence electrons. The Morgan fingerprint density at radius 3 is 2.00 bits per heavy atom. The average Bonchev–Trinajstić information content (AvgIpc) is 2.89. The van der Waals surface area contributed by atoms with E-state index in [1.165, 1.54) is 37.7 Å². The summed E-state index contributed by atoms with van der Waals surface area (Å²) >= 11 is 1.92. The predicted molar refractivity (Wildman–Crippen MR) is 128 cm³/mol. The van der Waals surface area contributed by atoms with E-state index in [2.05, 4.69) is 12.1 Å². The summed E-state index contributed by atoms with van der Waals surface area (Å²) in [4.78, 5) is 39.3. The molecule has 0 aromatic heterocycles. The Morgan fingerprint density at radius 1 is 0.824 bits per heavy atom. The number of hydrogen-bond acceptors (Lipinski definition) is 6. The third kappa shape index (κ3) is 3.65. The highest BCUT2D eigenvalue weighted by atomic mass is 32.2. The lowest BCUT2D eigenvalue weighted by atomic mass is 9.53. The van der Waals surface area contributed by atoms with Crippen molar-refractivity contribution < 1.29 is 24.3 Å². The molecule has 8 rings (SSSR count). The maximum absolute atomic E-state index is 12.8. The van der Waals surface area contributed by atoms with Gasteiger partial charge >= 0.3 is 0 Å². The van der Waals surface area contributed by atoms with Gasteiger partial charge in [-0.15, -0.1) is 0 Å². The first kappa shape index (κ1) is 22.1. The van der Waals surface area contributed by atoms with Gasteiger partial charge < -0.3 is 4.90 Å². The van der Waals surface area contributed by atoms with Gasteiger partial charge in [0.05, 0.1) is 0 Å². The smallest absolute Gasteiger partial charge is 0.253 e. The molecule has 5 aliphatic carbocycles. The number of thioether (sulfide) groups is 1. The van der Waals surface area contributed by atoms with E-state index < -0.39 is 11.6 Å². The molecule has 5 saturated carbocycles. The third-order valence-corrected chi connectivity index (χ3v) is 10.5. The maximum atomic E-state index is 12.8. The molecular weight excluding hydrogens is 450 g/mol. The molecule has 0 unspecified atom stereocenters. The fourth-order valence-electron chi connectivity index (χ4n) is 7.83. The Kier molecular flexibility index (Phi) is 5.51. The minimum Gasteiger partial charge on any atom is -0.337 e. The molecule has 1 aromatic carbocycles. The Bertz CT molecular complexity index is 881. The molecule has 2 spiro atoms. The molecule has 1 aromatic rings. The van der Waals surface area contributed by atoms with Gasteiger partial charge in [0, 0.05) is 54.8 Å². The molecule has 4 bridgehead atoms. The molecule has 2 aliphatic heterocycles. The Hall–Kier alpha value is -1.12. The SMILES string of the molecule is O=C(c1ccc(C2CCC3(CC2)OOC2(OO3)C3CC4CC(C3)CC2C4)cc1)N1CCSCC1. The van der Waals surface area contributed by atoms with Gasteiger partial charge in [0.25, 0.3) is 5.91 Å². The number of amides is 1. The number of benzene rings is 1. The van der Waals surface area contributed by atoms with Crippen LogP contribution in [0.5, 0.6) is 0 Å². The van der Waals surface area contributed by atoms with Crippen molar-refractivity contribution in [3.05, 3.63) is 35.4 Å². The molecule has 7 heteroatoms. The minimum absolute atomic E-state index is 0.159. The van der Waals surface area contributed by atoms with Crippen LogP contribution in [0.4, 0.5) is 0 Å². The maximum Gasteiger partial charge on any atom is 0.253 e. The lowest BCUT2D eigenvalue weighted by Crippen LogP contribution is -2.64. The first-order valence-corrected chi connectivity index (χ1v) is 14.5. The Balaban J connectivity index is 0.965. The first-order chi connectivity index (χ1) is 16.6. The number of rotatable bonds is 2. The summed E-state index contributed by atoms with van der Waals surface area (Å²) in [5.41, 5.74) is 2.08. The lowest BCUT2D eigenvalue weighted by molar-refractivity contribution is -0.680. The molecular formula is C27H35NO5S. The fourth-order valence-corrected chi connectivity index (χ4v) is 8.73. The van der Waals surface area contributed by atoms with Gasteiger partial charge in [-0.2, -0.15) is 31.3 Å². The molecule has 1 amide bonds. The van der Waals surface area contributed by atoms with Crippen LogP contribution in [-0.2, 0) is 19.6 Å². The second kappa shape index (κ2) is 8.48. The van der Waals surface area contributed by atoms with Crippen LogP contribution in [0, 0.1) is 23.7 Å². The topological polar surface area (TPSA) is 57.2 Å². The highest BCUT2D eigenvalue weighted by Gasteiger charge is 2.64. The summed E-state index contributed by atoms with van der Waals surface area (Å²) in [6, 6.07) is 8.26. The van der Waals surface area contributed by atoms with E-state index in [9.17, 15) is 4.79 Å². The van der Waals surface area contributed by atoms with Gasteiger partial charge in [0.2, 0.25) is 11.6 Å². The second-order valence-corrected chi connectivity index (χ2v) is 12.8. The Labute approximate surface area is 205 Å². The normalized spacial score (nSPS) is 43.5. The van der Waals surface area contributed by atoms with Crippen molar-refractivity contribution in [1.82, 2.24) is 4.90 Å². The van der Waals surface area contributed by atoms with E-state index in [4.69, 9.17) is 19.6 Å². The first-order valence-electron chi connectivity index (χ1n) is 13.3. The number of carbonyl (C=O) groups excluding carboxylic acids is 1. The van der Waals surface area contributed by atoms with Gasteiger partial charge in [0.1, 0.15) is 0 Å². The van der Waals surface area contributed by atoms with E-state index in [1.807, 2.05) is 28.8 Å². The van der Waals surface area contributed by atoms with E-state index in [0.717, 1.165) is 67.7 Å². The summed E-state index contributed by atoms with van der Waals surface area (Å²) < 4.78 is 0. The predicted octanol–water partition coefficient (Wildman–Crippen LogP) is 5.29. The van der Waals surface area contributed by atoms with Crippen molar-refractivity contribution in [2.75, 3.05) is 24.6 Å². The molecule has 7 aliphatic rings. The monoisotopic (exact) mass is 485 g/mol. The van der Waals surface area contributed by atoms with Gasteiger partial charge in [-0.3, -0.25) is 4.79 Å². The molecule has 2 heterocycles. The highest BCUT2D eigenvalue weighted by molar-refractivity contribution is 7.99. The van der Waals surface area contributed by atoms with Crippen LogP contribution in [-0.4, -0.2) is 47.0 Å². The number of hydrogen-bond donors (Lipinski definition) is 0. The molecule has 0 atom stereocenters. The lowest BCUT2D eigenvalue weighted by Gasteiger charge is -2.60. The van der Waals surface area contributed by atoms with E-state index >= 15 is 0 Å². The van der Waals surface area contributed by atoms with Crippen LogP contribution >= 0.6 is 11.8 Å². The van der Waals surface area contributed by atoms with E-state index in [0.29, 0.717) is 17.8 Å².